The van der Waals surface area contributed by atoms with E-state index < -0.39 is 0 Å². The van der Waals surface area contributed by atoms with Gasteiger partial charge in [-0.3, -0.25) is 0 Å². The molecule has 0 aliphatic carbocycles. The van der Waals surface area contributed by atoms with Gasteiger partial charge in [-0.2, -0.15) is 4.79 Å². The van der Waals surface area contributed by atoms with Gasteiger partial charge in [0, 0.05) is 0 Å². The number of nitrogens with two attached hydrogens (primary N) is 1. The fourth-order valence-electron chi connectivity index (χ4n) is 0.217. The smallest absolute Gasteiger partial charge is 0.0715 e. The zero-order valence-corrected chi connectivity index (χ0v) is 4.30. The minimum absolute atomic E-state index is 0. The van der Waals surface area contributed by atoms with Gasteiger partial charge in [-0.05, 0) is 5.21 Å². The molecule has 0 amide bonds. The molecule has 0 aliphatic rings. The van der Waals surface area contributed by atoms with Gasteiger partial charge < -0.3 is 5.84 Å². The molecule has 1 rings (SSSR count). The average Bonchev–Trinajstić information content (AvgIpc) is 1.86. The van der Waals surface area contributed by atoms with Crippen LogP contribution in [0.5, 0.6) is 0 Å². The maximum Gasteiger partial charge on any atom is 0.0715 e. The first-order chi connectivity index (χ1) is 2.89. The lowest BCUT2D eigenvalue weighted by Crippen LogP contribution is -2.07. The van der Waals surface area contributed by atoms with E-state index in [1.165, 1.54) is 6.20 Å². The monoisotopic (exact) mass is 120 g/mol. The Hall–Kier alpha value is -0.770. The lowest BCUT2D eigenvalue weighted by molar-refractivity contribution is 0.765. The Labute approximate surface area is 46.7 Å². The number of aromatic nitrogens is 3. The van der Waals surface area contributed by atoms with E-state index in [1.807, 2.05) is 0 Å². The normalized spacial score (nSPS) is 7.43. The van der Waals surface area contributed by atoms with Crippen LogP contribution in [0.2, 0.25) is 0 Å². The van der Waals surface area contributed by atoms with E-state index >= 15 is 0 Å². The van der Waals surface area contributed by atoms with Gasteiger partial charge in [-0.15, -0.1) is 17.5 Å². The Bertz CT molecular complexity index is 113. The summed E-state index contributed by atoms with van der Waals surface area (Å²) in [6.07, 6.45) is 3.07. The summed E-state index contributed by atoms with van der Waals surface area (Å²) in [5, 5.41) is 6.77. The van der Waals surface area contributed by atoms with E-state index in [4.69, 9.17) is 5.84 Å². The van der Waals surface area contributed by atoms with Crippen LogP contribution < -0.4 is 5.84 Å². The third-order valence-electron chi connectivity index (χ3n) is 0.441. The van der Waals surface area contributed by atoms with E-state index in [2.05, 4.69) is 10.3 Å². The number of hydrogen-bond acceptors (Lipinski definition) is 3. The van der Waals surface area contributed by atoms with Crippen molar-refractivity contribution in [1.82, 2.24) is 15.1 Å². The molecule has 1 heterocycles. The molecule has 40 valence electrons. The highest BCUT2D eigenvalue weighted by Crippen LogP contribution is 1.62. The van der Waals surface area contributed by atoms with Gasteiger partial charge in [-0.1, -0.05) is 0 Å². The van der Waals surface area contributed by atoms with E-state index in [-0.39, 0.29) is 12.4 Å². The molecular formula is C2H5ClN4. The summed E-state index contributed by atoms with van der Waals surface area (Å²) in [6.45, 7) is 0. The Morgan fingerprint density at radius 3 is 2.43 bits per heavy atom. The van der Waals surface area contributed by atoms with Gasteiger partial charge in [0.05, 0.1) is 12.4 Å². The van der Waals surface area contributed by atoms with Gasteiger partial charge in [0.15, 0.2) is 0 Å². The molecule has 0 fully saturated rings. The molecule has 2 N–H and O–H groups in total. The second kappa shape index (κ2) is 2.41. The number of nitrogen functional groups attached to an aromatic ring is 1. The Morgan fingerprint density at radius 2 is 2.29 bits per heavy atom. The highest BCUT2D eigenvalue weighted by molar-refractivity contribution is 5.85. The molecule has 0 aliphatic heterocycles. The quantitative estimate of drug-likeness (QED) is 0.466. The molecule has 0 saturated carbocycles. The van der Waals surface area contributed by atoms with Crippen molar-refractivity contribution >= 4 is 12.4 Å². The zero-order chi connectivity index (χ0) is 4.41. The van der Waals surface area contributed by atoms with Gasteiger partial charge >= 0.3 is 0 Å². The third kappa shape index (κ3) is 1.41. The molecule has 1 aromatic rings. The predicted molar refractivity (Wildman–Crippen MR) is 27.4 cm³/mol. The van der Waals surface area contributed by atoms with Crippen molar-refractivity contribution in [2.75, 3.05) is 5.84 Å². The molecule has 1 aromatic heterocycles. The maximum absolute atomic E-state index is 5.02. The fourth-order valence-corrected chi connectivity index (χ4v) is 0.217. The fraction of sp³-hybridized carbons (Fsp3) is 0. The van der Waals surface area contributed by atoms with Crippen molar-refractivity contribution < 1.29 is 0 Å². The Balaban J connectivity index is 0.000000360. The Morgan fingerprint density at radius 1 is 1.57 bits per heavy atom. The zero-order valence-electron chi connectivity index (χ0n) is 3.48. The molecule has 0 spiro atoms. The molecular weight excluding hydrogens is 116 g/mol. The molecule has 0 unspecified atom stereocenters. The summed E-state index contributed by atoms with van der Waals surface area (Å²) in [6, 6.07) is 0. The molecule has 0 atom stereocenters. The van der Waals surface area contributed by atoms with Crippen LogP contribution in [0.25, 0.3) is 0 Å². The van der Waals surface area contributed by atoms with Crippen LogP contribution in [0, 0.1) is 0 Å². The number of rotatable bonds is 0. The summed E-state index contributed by atoms with van der Waals surface area (Å²) in [5.41, 5.74) is 0. The molecule has 7 heavy (non-hydrogen) atoms. The first-order valence-electron chi connectivity index (χ1n) is 1.51. The van der Waals surface area contributed by atoms with Gasteiger partial charge in [0.25, 0.3) is 0 Å². The van der Waals surface area contributed by atoms with Gasteiger partial charge in [0.2, 0.25) is 0 Å². The van der Waals surface area contributed by atoms with E-state index in [9.17, 15) is 0 Å². The highest BCUT2D eigenvalue weighted by atomic mass is 35.5. The summed E-state index contributed by atoms with van der Waals surface area (Å²) in [5.74, 6) is 5.02. The van der Waals surface area contributed by atoms with Crippen LogP contribution in [0.3, 0.4) is 0 Å². The highest BCUT2D eigenvalue weighted by Gasteiger charge is 1.71. The summed E-state index contributed by atoms with van der Waals surface area (Å²) in [7, 11) is 0. The van der Waals surface area contributed by atoms with Gasteiger partial charge in [0.1, 0.15) is 0 Å². The Kier molecular flexibility index (Phi) is 2.15. The minimum Gasteiger partial charge on any atom is -0.322 e. The SMILES string of the molecule is Cl.Nn1ccnn1. The number of nitrogens with zero attached hydrogens (tertiary/aromatic N) is 3. The largest absolute Gasteiger partial charge is 0.322 e. The van der Waals surface area contributed by atoms with Crippen molar-refractivity contribution in [2.45, 2.75) is 0 Å². The number of halogens is 1. The van der Waals surface area contributed by atoms with Crippen molar-refractivity contribution in [3.8, 4) is 0 Å². The second-order valence-electron chi connectivity index (χ2n) is 0.883. The van der Waals surface area contributed by atoms with Crippen molar-refractivity contribution in [3.05, 3.63) is 12.4 Å². The molecule has 0 bridgehead atoms. The van der Waals surface area contributed by atoms with Crippen LogP contribution in [0.4, 0.5) is 0 Å². The minimum atomic E-state index is 0. The molecule has 5 heteroatoms. The van der Waals surface area contributed by atoms with Crippen LogP contribution in [-0.4, -0.2) is 15.1 Å². The summed E-state index contributed by atoms with van der Waals surface area (Å²) < 4.78 is 0. The molecule has 0 saturated heterocycles. The average molecular weight is 121 g/mol. The van der Waals surface area contributed by atoms with Crippen molar-refractivity contribution in [1.29, 1.82) is 0 Å². The number of hydrogen-bond donors (Lipinski definition) is 1. The van der Waals surface area contributed by atoms with Crippen LogP contribution in [0.15, 0.2) is 12.4 Å². The van der Waals surface area contributed by atoms with E-state index in [1.54, 1.807) is 6.20 Å². The lowest BCUT2D eigenvalue weighted by atomic mass is 11.0. The second-order valence-corrected chi connectivity index (χ2v) is 0.883. The van der Waals surface area contributed by atoms with Crippen molar-refractivity contribution in [3.63, 3.8) is 0 Å². The van der Waals surface area contributed by atoms with Crippen LogP contribution >= 0.6 is 12.4 Å². The predicted octanol–water partition coefficient (Wildman–Crippen LogP) is -0.586. The summed E-state index contributed by atoms with van der Waals surface area (Å²) >= 11 is 0. The first-order valence-corrected chi connectivity index (χ1v) is 1.51. The van der Waals surface area contributed by atoms with E-state index in [0.29, 0.717) is 0 Å². The van der Waals surface area contributed by atoms with E-state index in [0.717, 1.165) is 4.79 Å². The first kappa shape index (κ1) is 6.23. The molecule has 4 nitrogen and oxygen atoms in total. The van der Waals surface area contributed by atoms with Crippen LogP contribution in [-0.2, 0) is 0 Å². The molecule has 0 aromatic carbocycles. The standard InChI is InChI=1S/C2H4N4.ClH/c3-6-2-1-4-5-6;/h1-2H,3H2;1H. The van der Waals surface area contributed by atoms with Crippen molar-refractivity contribution in [2.24, 2.45) is 0 Å². The molecule has 0 radical (unpaired) electrons. The lowest BCUT2D eigenvalue weighted by Gasteiger charge is -1.76. The topological polar surface area (TPSA) is 56.7 Å². The van der Waals surface area contributed by atoms with Crippen LogP contribution in [0.1, 0.15) is 0 Å². The maximum atomic E-state index is 5.02. The third-order valence-corrected chi connectivity index (χ3v) is 0.441. The van der Waals surface area contributed by atoms with Gasteiger partial charge in [-0.25, -0.2) is 0 Å². The summed E-state index contributed by atoms with van der Waals surface area (Å²) in [4.78, 5) is 1.14.